The zero-order chi connectivity index (χ0) is 14.7. The van der Waals surface area contributed by atoms with E-state index in [0.717, 1.165) is 24.5 Å². The lowest BCUT2D eigenvalue weighted by molar-refractivity contribution is 0.317. The van der Waals surface area contributed by atoms with E-state index in [1.54, 1.807) is 6.20 Å². The average molecular weight is 283 g/mol. The van der Waals surface area contributed by atoms with Gasteiger partial charge < -0.3 is 11.1 Å². The Bertz CT molecular complexity index is 596. The van der Waals surface area contributed by atoms with Gasteiger partial charge in [0, 0.05) is 12.4 Å². The Morgan fingerprint density at radius 1 is 1.24 bits per heavy atom. The predicted octanol–water partition coefficient (Wildman–Crippen LogP) is 2.22. The highest BCUT2D eigenvalue weighted by molar-refractivity contribution is 5.54. The number of anilines is 1. The first kappa shape index (κ1) is 13.9. The van der Waals surface area contributed by atoms with E-state index in [2.05, 4.69) is 33.3 Å². The van der Waals surface area contributed by atoms with Crippen molar-refractivity contribution in [2.75, 3.05) is 18.8 Å². The number of nitrogen functional groups attached to an aromatic ring is 1. The van der Waals surface area contributed by atoms with Gasteiger partial charge in [-0.2, -0.15) is 0 Å². The number of hydrogen-bond donors (Lipinski definition) is 2. The maximum Gasteiger partial charge on any atom is 0.220 e. The molecule has 2 atom stereocenters. The van der Waals surface area contributed by atoms with Crippen LogP contribution in [0.1, 0.15) is 31.2 Å². The van der Waals surface area contributed by atoms with Crippen LogP contribution in [-0.2, 0) is 0 Å². The summed E-state index contributed by atoms with van der Waals surface area (Å²) in [5.41, 5.74) is 8.56. The summed E-state index contributed by atoms with van der Waals surface area (Å²) >= 11 is 0. The van der Waals surface area contributed by atoms with Crippen LogP contribution in [-0.4, -0.2) is 28.0 Å². The van der Waals surface area contributed by atoms with Crippen LogP contribution in [0, 0.1) is 5.92 Å². The smallest absolute Gasteiger partial charge is 0.220 e. The first-order valence-corrected chi connectivity index (χ1v) is 7.53. The van der Waals surface area contributed by atoms with E-state index in [9.17, 15) is 0 Å². The first-order valence-electron chi connectivity index (χ1n) is 7.53. The van der Waals surface area contributed by atoms with Crippen LogP contribution in [0.25, 0.3) is 11.4 Å². The average Bonchev–Trinajstić information content (AvgIpc) is 2.55. The van der Waals surface area contributed by atoms with Crippen LogP contribution in [0.2, 0.25) is 0 Å². The van der Waals surface area contributed by atoms with Gasteiger partial charge in [-0.25, -0.2) is 9.97 Å². The quantitative estimate of drug-likeness (QED) is 0.903. The number of pyridine rings is 1. The van der Waals surface area contributed by atoms with Gasteiger partial charge in [0.2, 0.25) is 5.95 Å². The van der Waals surface area contributed by atoms with Crippen molar-refractivity contribution in [3.05, 3.63) is 36.2 Å². The number of nitrogens with two attached hydrogens (primary N) is 1. The zero-order valence-electron chi connectivity index (χ0n) is 12.3. The van der Waals surface area contributed by atoms with E-state index in [4.69, 9.17) is 5.73 Å². The predicted molar refractivity (Wildman–Crippen MR) is 83.7 cm³/mol. The molecule has 5 nitrogen and oxygen atoms in total. The molecule has 0 spiro atoms. The molecule has 1 saturated heterocycles. The Balaban J connectivity index is 1.83. The van der Waals surface area contributed by atoms with Gasteiger partial charge in [0.15, 0.2) is 0 Å². The van der Waals surface area contributed by atoms with E-state index in [1.165, 1.54) is 18.4 Å². The van der Waals surface area contributed by atoms with E-state index >= 15 is 0 Å². The second kappa shape index (κ2) is 6.18. The van der Waals surface area contributed by atoms with Gasteiger partial charge in [0.25, 0.3) is 0 Å². The lowest BCUT2D eigenvalue weighted by Gasteiger charge is -2.31. The van der Waals surface area contributed by atoms with Gasteiger partial charge in [-0.1, -0.05) is 19.4 Å². The molecule has 0 aliphatic carbocycles. The minimum Gasteiger partial charge on any atom is -0.368 e. The van der Waals surface area contributed by atoms with Gasteiger partial charge in [0.1, 0.15) is 0 Å². The van der Waals surface area contributed by atoms with Crippen LogP contribution in [0.15, 0.2) is 30.6 Å². The summed E-state index contributed by atoms with van der Waals surface area (Å²) < 4.78 is 0. The Morgan fingerprint density at radius 2 is 2.14 bits per heavy atom. The maximum absolute atomic E-state index is 5.62. The molecule has 0 radical (unpaired) electrons. The van der Waals surface area contributed by atoms with Gasteiger partial charge >= 0.3 is 0 Å². The van der Waals surface area contributed by atoms with E-state index in [0.29, 0.717) is 11.8 Å². The Hall–Kier alpha value is -2.01. The molecule has 1 fully saturated rings. The van der Waals surface area contributed by atoms with Gasteiger partial charge in [0.05, 0.1) is 11.4 Å². The molecule has 5 heteroatoms. The molecular formula is C16H21N5. The van der Waals surface area contributed by atoms with Crippen LogP contribution in [0.3, 0.4) is 0 Å². The summed E-state index contributed by atoms with van der Waals surface area (Å²) in [6.45, 7) is 4.45. The van der Waals surface area contributed by atoms with Crippen molar-refractivity contribution in [3.63, 3.8) is 0 Å². The van der Waals surface area contributed by atoms with Crippen LogP contribution in [0.5, 0.6) is 0 Å². The third-order valence-corrected chi connectivity index (χ3v) is 4.28. The summed E-state index contributed by atoms with van der Waals surface area (Å²) in [6, 6.07) is 6.04. The monoisotopic (exact) mass is 283 g/mol. The molecule has 2 aromatic rings. The van der Waals surface area contributed by atoms with Gasteiger partial charge in [-0.3, -0.25) is 4.98 Å². The summed E-state index contributed by atoms with van der Waals surface area (Å²) in [5.74, 6) is 1.58. The number of hydrogen-bond acceptors (Lipinski definition) is 5. The van der Waals surface area contributed by atoms with E-state index in [-0.39, 0.29) is 5.95 Å². The molecule has 1 aliphatic rings. The molecule has 0 saturated carbocycles. The van der Waals surface area contributed by atoms with Gasteiger partial charge in [-0.05, 0) is 49.0 Å². The zero-order valence-corrected chi connectivity index (χ0v) is 12.3. The third kappa shape index (κ3) is 3.03. The molecule has 0 aromatic carbocycles. The van der Waals surface area contributed by atoms with Crippen LogP contribution < -0.4 is 11.1 Å². The fourth-order valence-electron chi connectivity index (χ4n) is 3.08. The molecular weight excluding hydrogens is 262 g/mol. The maximum atomic E-state index is 5.62. The molecule has 2 aromatic heterocycles. The molecule has 3 N–H and O–H groups in total. The van der Waals surface area contributed by atoms with Crippen LogP contribution >= 0.6 is 0 Å². The molecule has 21 heavy (non-hydrogen) atoms. The molecule has 3 rings (SSSR count). The second-order valence-electron chi connectivity index (χ2n) is 5.54. The molecule has 3 heterocycles. The van der Waals surface area contributed by atoms with Crippen molar-refractivity contribution >= 4 is 5.95 Å². The highest BCUT2D eigenvalue weighted by atomic mass is 15.0. The molecule has 110 valence electrons. The molecule has 0 amide bonds. The Labute approximate surface area is 125 Å². The molecule has 2 unspecified atom stereocenters. The number of piperidine rings is 1. The number of nitrogens with zero attached hydrogens (tertiary/aromatic N) is 3. The van der Waals surface area contributed by atoms with Crippen LogP contribution in [0.4, 0.5) is 5.95 Å². The minimum absolute atomic E-state index is 0.280. The minimum atomic E-state index is 0.280. The Kier molecular flexibility index (Phi) is 4.10. The van der Waals surface area contributed by atoms with E-state index in [1.807, 2.05) is 18.3 Å². The molecule has 1 aliphatic heterocycles. The van der Waals surface area contributed by atoms with Gasteiger partial charge in [-0.15, -0.1) is 0 Å². The summed E-state index contributed by atoms with van der Waals surface area (Å²) in [7, 11) is 0. The number of nitrogens with one attached hydrogen (secondary N) is 1. The topological polar surface area (TPSA) is 76.7 Å². The highest BCUT2D eigenvalue weighted by Gasteiger charge is 2.25. The first-order chi connectivity index (χ1) is 10.3. The van der Waals surface area contributed by atoms with Crippen molar-refractivity contribution in [3.8, 4) is 11.4 Å². The van der Waals surface area contributed by atoms with Crippen molar-refractivity contribution in [2.45, 2.75) is 25.7 Å². The highest BCUT2D eigenvalue weighted by Crippen LogP contribution is 2.32. The summed E-state index contributed by atoms with van der Waals surface area (Å²) in [4.78, 5) is 12.7. The second-order valence-corrected chi connectivity index (χ2v) is 5.54. The van der Waals surface area contributed by atoms with Crippen molar-refractivity contribution in [2.24, 2.45) is 5.92 Å². The largest absolute Gasteiger partial charge is 0.368 e. The fraction of sp³-hybridized carbons (Fsp3) is 0.438. The summed E-state index contributed by atoms with van der Waals surface area (Å²) in [6.07, 6.45) is 6.03. The fourth-order valence-corrected chi connectivity index (χ4v) is 3.08. The SMILES string of the molecule is CCC1CNCCC1c1ccc(-c2ccnc(N)n2)nc1. The lowest BCUT2D eigenvalue weighted by Crippen LogP contribution is -2.35. The van der Waals surface area contributed by atoms with Crippen molar-refractivity contribution in [1.29, 1.82) is 0 Å². The number of aromatic nitrogens is 3. The van der Waals surface area contributed by atoms with Crippen molar-refractivity contribution < 1.29 is 0 Å². The lowest BCUT2D eigenvalue weighted by atomic mass is 9.80. The molecule has 0 bridgehead atoms. The van der Waals surface area contributed by atoms with E-state index < -0.39 is 0 Å². The standard InChI is InChI=1S/C16H21N5/c1-2-11-9-18-7-5-13(11)12-3-4-14(20-10-12)15-6-8-19-16(17)21-15/h3-4,6,8,10-11,13,18H,2,5,7,9H2,1H3,(H2,17,19,21). The third-order valence-electron chi connectivity index (χ3n) is 4.28. The summed E-state index contributed by atoms with van der Waals surface area (Å²) in [5, 5.41) is 3.48. The van der Waals surface area contributed by atoms with Crippen molar-refractivity contribution in [1.82, 2.24) is 20.3 Å². The Morgan fingerprint density at radius 3 is 2.86 bits per heavy atom. The number of rotatable bonds is 3. The normalized spacial score (nSPS) is 22.1.